The zero-order valence-electron chi connectivity index (χ0n) is 19.1. The van der Waals surface area contributed by atoms with Gasteiger partial charge in [0.1, 0.15) is 5.70 Å². The van der Waals surface area contributed by atoms with Gasteiger partial charge in [-0.15, -0.1) is 0 Å². The maximum absolute atomic E-state index is 13.6. The first-order valence-corrected chi connectivity index (χ1v) is 10.6. The van der Waals surface area contributed by atoms with Crippen LogP contribution < -0.4 is 15.1 Å². The number of carbonyl (C=O) groups excluding carboxylic acids is 2. The van der Waals surface area contributed by atoms with Gasteiger partial charge in [-0.3, -0.25) is 9.59 Å². The van der Waals surface area contributed by atoms with Gasteiger partial charge in [-0.25, -0.2) is 4.90 Å². The van der Waals surface area contributed by atoms with Crippen LogP contribution in [-0.2, 0) is 9.59 Å². The second kappa shape index (κ2) is 8.35. The van der Waals surface area contributed by atoms with E-state index in [0.717, 1.165) is 33.6 Å². The van der Waals surface area contributed by atoms with Crippen LogP contribution in [0.4, 0.5) is 17.1 Å². The molecule has 3 aromatic carbocycles. The van der Waals surface area contributed by atoms with E-state index < -0.39 is 0 Å². The van der Waals surface area contributed by atoms with Gasteiger partial charge < -0.3 is 10.2 Å². The van der Waals surface area contributed by atoms with Crippen LogP contribution in [0, 0.1) is 20.8 Å². The highest BCUT2D eigenvalue weighted by atomic mass is 16.2. The van der Waals surface area contributed by atoms with Crippen LogP contribution >= 0.6 is 0 Å². The van der Waals surface area contributed by atoms with Gasteiger partial charge in [0.15, 0.2) is 0 Å². The average Bonchev–Trinajstić information content (AvgIpc) is 3.01. The Kier molecular flexibility index (Phi) is 5.57. The number of rotatable bonds is 5. The normalized spacial score (nSPS) is 13.7. The van der Waals surface area contributed by atoms with Gasteiger partial charge in [0, 0.05) is 25.5 Å². The molecule has 162 valence electrons. The van der Waals surface area contributed by atoms with Crippen molar-refractivity contribution in [1.29, 1.82) is 0 Å². The molecular formula is C27H27N3O2. The molecule has 0 fully saturated rings. The third-order valence-corrected chi connectivity index (χ3v) is 5.91. The van der Waals surface area contributed by atoms with Gasteiger partial charge in [-0.05, 0) is 73.4 Å². The zero-order chi connectivity index (χ0) is 23.0. The van der Waals surface area contributed by atoms with Crippen molar-refractivity contribution in [3.63, 3.8) is 0 Å². The monoisotopic (exact) mass is 425 g/mol. The van der Waals surface area contributed by atoms with E-state index in [1.807, 2.05) is 94.4 Å². The molecule has 1 heterocycles. The van der Waals surface area contributed by atoms with Crippen molar-refractivity contribution in [2.45, 2.75) is 20.8 Å². The van der Waals surface area contributed by atoms with Gasteiger partial charge >= 0.3 is 0 Å². The maximum atomic E-state index is 13.6. The first-order chi connectivity index (χ1) is 15.3. The lowest BCUT2D eigenvalue weighted by atomic mass is 9.99. The summed E-state index contributed by atoms with van der Waals surface area (Å²) < 4.78 is 0. The summed E-state index contributed by atoms with van der Waals surface area (Å²) in [6.45, 7) is 6.00. The van der Waals surface area contributed by atoms with Crippen molar-refractivity contribution in [2.75, 3.05) is 29.2 Å². The van der Waals surface area contributed by atoms with Crippen LogP contribution in [0.25, 0.3) is 5.57 Å². The van der Waals surface area contributed by atoms with Gasteiger partial charge in [0.2, 0.25) is 0 Å². The molecule has 1 aliphatic heterocycles. The van der Waals surface area contributed by atoms with Gasteiger partial charge in [0.05, 0.1) is 11.3 Å². The Bertz CT molecular complexity index is 1240. The number of imide groups is 1. The van der Waals surface area contributed by atoms with Crippen molar-refractivity contribution >= 4 is 34.4 Å². The minimum absolute atomic E-state index is 0.296. The number of para-hydroxylation sites is 1. The summed E-state index contributed by atoms with van der Waals surface area (Å²) in [7, 11) is 3.90. The van der Waals surface area contributed by atoms with Crippen molar-refractivity contribution in [3.8, 4) is 0 Å². The smallest absolute Gasteiger partial charge is 0.282 e. The van der Waals surface area contributed by atoms with Crippen molar-refractivity contribution in [3.05, 3.63) is 94.7 Å². The van der Waals surface area contributed by atoms with Gasteiger partial charge in [-0.1, -0.05) is 36.4 Å². The fourth-order valence-electron chi connectivity index (χ4n) is 3.79. The summed E-state index contributed by atoms with van der Waals surface area (Å²) in [5.41, 5.74) is 6.96. The Hall–Kier alpha value is -3.86. The molecule has 32 heavy (non-hydrogen) atoms. The van der Waals surface area contributed by atoms with Gasteiger partial charge in [-0.2, -0.15) is 0 Å². The zero-order valence-corrected chi connectivity index (χ0v) is 19.1. The summed E-state index contributed by atoms with van der Waals surface area (Å²) >= 11 is 0. The molecule has 0 atom stereocenters. The molecule has 5 heteroatoms. The summed E-state index contributed by atoms with van der Waals surface area (Å²) in [4.78, 5) is 30.4. The number of carbonyl (C=O) groups is 2. The predicted molar refractivity (Wildman–Crippen MR) is 131 cm³/mol. The molecule has 0 saturated heterocycles. The average molecular weight is 426 g/mol. The highest BCUT2D eigenvalue weighted by molar-refractivity contribution is 6.46. The quantitative estimate of drug-likeness (QED) is 0.580. The lowest BCUT2D eigenvalue weighted by Gasteiger charge is -2.18. The van der Waals surface area contributed by atoms with E-state index in [1.54, 1.807) is 12.1 Å². The summed E-state index contributed by atoms with van der Waals surface area (Å²) in [6, 6.07) is 21.0. The fraction of sp³-hybridized carbons (Fsp3) is 0.185. The molecule has 0 radical (unpaired) electrons. The molecule has 0 unspecified atom stereocenters. The molecule has 4 rings (SSSR count). The predicted octanol–water partition coefficient (Wildman–Crippen LogP) is 5.07. The van der Waals surface area contributed by atoms with Crippen LogP contribution in [0.15, 0.2) is 72.4 Å². The van der Waals surface area contributed by atoms with E-state index in [4.69, 9.17) is 0 Å². The molecule has 2 amide bonds. The van der Waals surface area contributed by atoms with Crippen LogP contribution in [0.5, 0.6) is 0 Å². The van der Waals surface area contributed by atoms with E-state index in [9.17, 15) is 9.59 Å². The number of nitrogens with zero attached hydrogens (tertiary/aromatic N) is 2. The van der Waals surface area contributed by atoms with E-state index >= 15 is 0 Å². The summed E-state index contributed by atoms with van der Waals surface area (Å²) in [5, 5.41) is 3.26. The molecule has 0 spiro atoms. The molecule has 5 nitrogen and oxygen atoms in total. The van der Waals surface area contributed by atoms with E-state index in [-0.39, 0.29) is 11.8 Å². The number of nitrogens with one attached hydrogen (secondary N) is 1. The first-order valence-electron chi connectivity index (χ1n) is 10.6. The molecule has 0 saturated carbocycles. The van der Waals surface area contributed by atoms with E-state index in [1.165, 1.54) is 4.90 Å². The highest BCUT2D eigenvalue weighted by Crippen LogP contribution is 2.35. The topological polar surface area (TPSA) is 52.7 Å². The van der Waals surface area contributed by atoms with Crippen LogP contribution in [0.3, 0.4) is 0 Å². The number of anilines is 3. The lowest BCUT2D eigenvalue weighted by molar-refractivity contribution is -0.120. The van der Waals surface area contributed by atoms with Crippen molar-refractivity contribution in [2.24, 2.45) is 0 Å². The van der Waals surface area contributed by atoms with Crippen LogP contribution in [0.2, 0.25) is 0 Å². The third kappa shape index (κ3) is 3.78. The molecular weight excluding hydrogens is 398 g/mol. The highest BCUT2D eigenvalue weighted by Gasteiger charge is 2.40. The van der Waals surface area contributed by atoms with E-state index in [0.29, 0.717) is 17.0 Å². The Morgan fingerprint density at radius 1 is 0.750 bits per heavy atom. The van der Waals surface area contributed by atoms with Crippen LogP contribution in [-0.4, -0.2) is 25.9 Å². The Morgan fingerprint density at radius 3 is 2.06 bits per heavy atom. The lowest BCUT2D eigenvalue weighted by Crippen LogP contribution is -2.32. The molecule has 1 N–H and O–H groups in total. The molecule has 0 aliphatic carbocycles. The minimum atomic E-state index is -0.357. The minimum Gasteiger partial charge on any atom is -0.378 e. The maximum Gasteiger partial charge on any atom is 0.282 e. The number of hydrogen-bond donors (Lipinski definition) is 1. The molecule has 0 aromatic heterocycles. The Labute approximate surface area is 189 Å². The summed E-state index contributed by atoms with van der Waals surface area (Å²) in [5.74, 6) is -0.684. The number of hydrogen-bond acceptors (Lipinski definition) is 4. The van der Waals surface area contributed by atoms with Crippen molar-refractivity contribution < 1.29 is 9.59 Å². The number of amides is 2. The Balaban J connectivity index is 1.82. The molecule has 3 aromatic rings. The van der Waals surface area contributed by atoms with Crippen molar-refractivity contribution in [1.82, 2.24) is 0 Å². The fourth-order valence-corrected chi connectivity index (χ4v) is 3.79. The first kappa shape index (κ1) is 21.4. The van der Waals surface area contributed by atoms with Gasteiger partial charge in [0.25, 0.3) is 11.8 Å². The third-order valence-electron chi connectivity index (χ3n) is 5.91. The number of benzene rings is 3. The second-order valence-corrected chi connectivity index (χ2v) is 8.35. The molecule has 1 aliphatic rings. The largest absolute Gasteiger partial charge is 0.378 e. The van der Waals surface area contributed by atoms with E-state index in [2.05, 4.69) is 5.32 Å². The Morgan fingerprint density at radius 2 is 1.44 bits per heavy atom. The van der Waals surface area contributed by atoms with Crippen LogP contribution in [0.1, 0.15) is 22.3 Å². The summed E-state index contributed by atoms with van der Waals surface area (Å²) in [6.07, 6.45) is 0. The SMILES string of the molecule is Cc1ccc(C2=C(Nc3ccccc3C)C(=O)N(c3ccc(N(C)C)cc3)C2=O)cc1C. The molecule has 0 bridgehead atoms. The number of aryl methyl sites for hydroxylation is 3. The second-order valence-electron chi connectivity index (χ2n) is 8.35. The standard InChI is InChI=1S/C27H27N3O2/c1-17-10-11-20(16-19(17)3)24-25(28-23-9-7-6-8-18(23)2)27(32)30(26(24)31)22-14-12-21(13-15-22)29(4)5/h6-16,28H,1-5H3.